The quantitative estimate of drug-likeness (QED) is 0.380. The van der Waals surface area contributed by atoms with Crippen molar-refractivity contribution in [1.29, 1.82) is 0 Å². The van der Waals surface area contributed by atoms with E-state index < -0.39 is 5.60 Å². The van der Waals surface area contributed by atoms with Gasteiger partial charge in [0.05, 0.1) is 5.60 Å². The molecule has 0 heterocycles. The molecule has 0 aromatic heterocycles. The van der Waals surface area contributed by atoms with Crippen LogP contribution in [0.15, 0.2) is 11.6 Å². The van der Waals surface area contributed by atoms with Gasteiger partial charge in [0, 0.05) is 0 Å². The lowest BCUT2D eigenvalue weighted by atomic mass is 9.97. The normalized spacial score (nSPS) is 26.7. The summed E-state index contributed by atoms with van der Waals surface area (Å²) < 4.78 is 0. The van der Waals surface area contributed by atoms with Gasteiger partial charge in [0.1, 0.15) is 0 Å². The molecule has 0 radical (unpaired) electrons. The van der Waals surface area contributed by atoms with Gasteiger partial charge < -0.3 is 5.11 Å². The average Bonchev–Trinajstić information content (AvgIpc) is 3.00. The fourth-order valence-corrected chi connectivity index (χ4v) is 3.05. The summed E-state index contributed by atoms with van der Waals surface area (Å²) in [5, 5.41) is 10.4. The lowest BCUT2D eigenvalue weighted by Gasteiger charge is -2.15. The number of rotatable bonds is 11. The number of aliphatic hydroxyl groups is 1. The van der Waals surface area contributed by atoms with E-state index in [1.165, 1.54) is 56.9 Å². The smallest absolute Gasteiger partial charge is 0.0887 e. The molecule has 0 bridgehead atoms. The summed E-state index contributed by atoms with van der Waals surface area (Å²) >= 11 is 0. The van der Waals surface area contributed by atoms with Crippen LogP contribution < -0.4 is 0 Å². The van der Waals surface area contributed by atoms with Crippen molar-refractivity contribution < 1.29 is 5.11 Å². The molecule has 0 aliphatic heterocycles. The lowest BCUT2D eigenvalue weighted by molar-refractivity contribution is 0.167. The molecule has 19 heavy (non-hydrogen) atoms. The topological polar surface area (TPSA) is 20.2 Å². The zero-order valence-electron chi connectivity index (χ0n) is 13.4. The Bertz CT molecular complexity index is 269. The molecule has 1 nitrogen and oxygen atoms in total. The molecule has 1 heteroatoms. The Morgan fingerprint density at radius 3 is 2.05 bits per heavy atom. The van der Waals surface area contributed by atoms with E-state index in [0.29, 0.717) is 5.92 Å². The highest BCUT2D eigenvalue weighted by Gasteiger charge is 2.51. The minimum atomic E-state index is -0.420. The second kappa shape index (κ2) is 8.79. The van der Waals surface area contributed by atoms with Crippen molar-refractivity contribution in [1.82, 2.24) is 0 Å². The highest BCUT2D eigenvalue weighted by atomic mass is 16.3. The third-order valence-electron chi connectivity index (χ3n) is 4.58. The molecule has 0 aromatic carbocycles. The molecular weight excluding hydrogens is 232 g/mol. The first-order valence-electron chi connectivity index (χ1n) is 8.57. The van der Waals surface area contributed by atoms with E-state index in [0.717, 1.165) is 19.3 Å². The number of unbranched alkanes of at least 4 members (excludes halogenated alkanes) is 7. The Morgan fingerprint density at radius 2 is 1.58 bits per heavy atom. The lowest BCUT2D eigenvalue weighted by Crippen LogP contribution is -2.14. The van der Waals surface area contributed by atoms with Crippen LogP contribution >= 0.6 is 0 Å². The van der Waals surface area contributed by atoms with Gasteiger partial charge >= 0.3 is 0 Å². The van der Waals surface area contributed by atoms with Crippen LogP contribution in [0.1, 0.15) is 91.4 Å². The highest BCUT2D eigenvalue weighted by molar-refractivity contribution is 5.27. The molecule has 1 aliphatic carbocycles. The van der Waals surface area contributed by atoms with Gasteiger partial charge in [-0.3, -0.25) is 0 Å². The minimum Gasteiger partial charge on any atom is -0.385 e. The number of hydrogen-bond donors (Lipinski definition) is 1. The van der Waals surface area contributed by atoms with Crippen LogP contribution in [0.4, 0.5) is 0 Å². The summed E-state index contributed by atoms with van der Waals surface area (Å²) in [4.78, 5) is 0. The summed E-state index contributed by atoms with van der Waals surface area (Å²) in [7, 11) is 0. The fourth-order valence-electron chi connectivity index (χ4n) is 3.05. The first-order valence-corrected chi connectivity index (χ1v) is 8.57. The maximum Gasteiger partial charge on any atom is 0.0887 e. The van der Waals surface area contributed by atoms with Crippen molar-refractivity contribution in [2.24, 2.45) is 5.92 Å². The Morgan fingerprint density at radius 1 is 1.05 bits per heavy atom. The van der Waals surface area contributed by atoms with Crippen molar-refractivity contribution in [2.75, 3.05) is 0 Å². The third-order valence-corrected chi connectivity index (χ3v) is 4.58. The molecule has 1 aliphatic rings. The second-order valence-electron chi connectivity index (χ2n) is 6.39. The van der Waals surface area contributed by atoms with Crippen LogP contribution in [-0.4, -0.2) is 10.7 Å². The summed E-state index contributed by atoms with van der Waals surface area (Å²) in [5.74, 6) is 0.486. The molecule has 1 fully saturated rings. The van der Waals surface area contributed by atoms with Crippen LogP contribution in [0.25, 0.3) is 0 Å². The molecule has 0 unspecified atom stereocenters. The Hall–Kier alpha value is -0.300. The summed E-state index contributed by atoms with van der Waals surface area (Å²) in [6.07, 6.45) is 16.3. The molecule has 0 aromatic rings. The van der Waals surface area contributed by atoms with Crippen LogP contribution in [0, 0.1) is 5.92 Å². The van der Waals surface area contributed by atoms with Crippen LogP contribution in [0.5, 0.6) is 0 Å². The van der Waals surface area contributed by atoms with Crippen LogP contribution in [0.3, 0.4) is 0 Å². The van der Waals surface area contributed by atoms with E-state index in [1.807, 2.05) is 0 Å². The maximum absolute atomic E-state index is 10.4. The molecule has 0 spiro atoms. The number of allylic oxidation sites excluding steroid dienone is 1. The van der Waals surface area contributed by atoms with Crippen molar-refractivity contribution in [2.45, 2.75) is 97.0 Å². The van der Waals surface area contributed by atoms with Gasteiger partial charge in [-0.15, -0.1) is 0 Å². The zero-order chi connectivity index (χ0) is 14.1. The molecule has 1 saturated carbocycles. The Labute approximate surface area is 120 Å². The van der Waals surface area contributed by atoms with Gasteiger partial charge in [-0.25, -0.2) is 0 Å². The molecule has 2 atom stereocenters. The molecule has 0 saturated heterocycles. The molecule has 1 N–H and O–H groups in total. The Balaban J connectivity index is 2.08. The van der Waals surface area contributed by atoms with E-state index in [2.05, 4.69) is 26.8 Å². The average molecular weight is 266 g/mol. The zero-order valence-corrected chi connectivity index (χ0v) is 13.4. The largest absolute Gasteiger partial charge is 0.385 e. The van der Waals surface area contributed by atoms with Gasteiger partial charge in [-0.05, 0) is 37.2 Å². The highest BCUT2D eigenvalue weighted by Crippen LogP contribution is 2.50. The van der Waals surface area contributed by atoms with E-state index in [1.54, 1.807) is 0 Å². The van der Waals surface area contributed by atoms with E-state index in [-0.39, 0.29) is 0 Å². The Kier molecular flexibility index (Phi) is 7.75. The first-order chi connectivity index (χ1) is 9.15. The standard InChI is InChI=1S/C18H34O/c1-4-6-7-8-9-10-11-12-14-17(13-5-2)18(19)15-16(18)3/h13,16,19H,4-12,14-15H2,1-3H3/b17-13-/t16-,18-/m0/s1. The van der Waals surface area contributed by atoms with E-state index in [4.69, 9.17) is 0 Å². The maximum atomic E-state index is 10.4. The van der Waals surface area contributed by atoms with Crippen molar-refractivity contribution in [3.8, 4) is 0 Å². The first kappa shape index (κ1) is 16.8. The predicted octanol–water partition coefficient (Wildman–Crippen LogP) is 5.62. The van der Waals surface area contributed by atoms with Gasteiger partial charge in [0.2, 0.25) is 0 Å². The SMILES string of the molecule is CC/C=C(/CCCCCCCCCC)[C@]1(O)C[C@@H]1C. The fraction of sp³-hybridized carbons (Fsp3) is 0.889. The van der Waals surface area contributed by atoms with Crippen molar-refractivity contribution >= 4 is 0 Å². The third kappa shape index (κ3) is 5.69. The van der Waals surface area contributed by atoms with E-state index in [9.17, 15) is 5.11 Å². The van der Waals surface area contributed by atoms with Gasteiger partial charge in [-0.2, -0.15) is 0 Å². The monoisotopic (exact) mass is 266 g/mol. The summed E-state index contributed by atoms with van der Waals surface area (Å²) in [5.41, 5.74) is 0.908. The molecular formula is C18H34O. The summed E-state index contributed by atoms with van der Waals surface area (Å²) in [6, 6.07) is 0. The van der Waals surface area contributed by atoms with Crippen LogP contribution in [-0.2, 0) is 0 Å². The second-order valence-corrected chi connectivity index (χ2v) is 6.39. The number of hydrogen-bond acceptors (Lipinski definition) is 1. The van der Waals surface area contributed by atoms with E-state index >= 15 is 0 Å². The minimum absolute atomic E-state index is 0.420. The van der Waals surface area contributed by atoms with Crippen LogP contribution in [0.2, 0.25) is 0 Å². The molecule has 1 rings (SSSR count). The summed E-state index contributed by atoms with van der Waals surface area (Å²) in [6.45, 7) is 6.60. The van der Waals surface area contributed by atoms with Gasteiger partial charge in [0.15, 0.2) is 0 Å². The molecule has 112 valence electrons. The molecule has 0 amide bonds. The van der Waals surface area contributed by atoms with Gasteiger partial charge in [0.25, 0.3) is 0 Å². The van der Waals surface area contributed by atoms with Crippen molar-refractivity contribution in [3.05, 3.63) is 11.6 Å². The predicted molar refractivity (Wildman–Crippen MR) is 84.3 cm³/mol. The van der Waals surface area contributed by atoms with Crippen molar-refractivity contribution in [3.63, 3.8) is 0 Å². The van der Waals surface area contributed by atoms with Gasteiger partial charge in [-0.1, -0.05) is 71.8 Å².